The number of benzene rings is 2. The lowest BCUT2D eigenvalue weighted by Gasteiger charge is -2.10. The highest BCUT2D eigenvalue weighted by atomic mass is 35.5. The van der Waals surface area contributed by atoms with Gasteiger partial charge >= 0.3 is 0 Å². The topological polar surface area (TPSA) is 69.4 Å². The minimum absolute atomic E-state index is 0.0987. The standard InChI is InChI=1S/C13H12ClNO3S/c1-9-3-2-4-11(7-9)18-12-8-10(14)5-6-13(12)19(15,16)17/h2-8H,1H3,(H2,15,16,17). The number of aryl methyl sites for hydroxylation is 1. The number of hydrogen-bond acceptors (Lipinski definition) is 3. The summed E-state index contributed by atoms with van der Waals surface area (Å²) >= 11 is 5.85. The Bertz CT molecular complexity index is 714. The molecule has 0 atom stereocenters. The molecule has 100 valence electrons. The highest BCUT2D eigenvalue weighted by Gasteiger charge is 2.16. The number of sulfonamides is 1. The maximum Gasteiger partial charge on any atom is 0.241 e. The van der Waals surface area contributed by atoms with E-state index in [4.69, 9.17) is 21.5 Å². The fraction of sp³-hybridized carbons (Fsp3) is 0.0769. The summed E-state index contributed by atoms with van der Waals surface area (Å²) in [6.45, 7) is 1.91. The Morgan fingerprint density at radius 2 is 1.89 bits per heavy atom. The minimum Gasteiger partial charge on any atom is -0.456 e. The van der Waals surface area contributed by atoms with Crippen molar-refractivity contribution in [2.45, 2.75) is 11.8 Å². The molecule has 2 aromatic rings. The molecule has 2 aromatic carbocycles. The van der Waals surface area contributed by atoms with E-state index >= 15 is 0 Å². The molecule has 0 aliphatic heterocycles. The Hall–Kier alpha value is -1.56. The monoisotopic (exact) mass is 297 g/mol. The molecule has 2 rings (SSSR count). The molecule has 0 aliphatic carbocycles. The lowest BCUT2D eigenvalue weighted by molar-refractivity contribution is 0.467. The summed E-state index contributed by atoms with van der Waals surface area (Å²) in [5.74, 6) is 0.632. The number of hydrogen-bond donors (Lipinski definition) is 1. The van der Waals surface area contributed by atoms with Crippen molar-refractivity contribution in [3.8, 4) is 11.5 Å². The summed E-state index contributed by atoms with van der Waals surface area (Å²) in [6.07, 6.45) is 0. The molecule has 0 amide bonds. The minimum atomic E-state index is -3.86. The summed E-state index contributed by atoms with van der Waals surface area (Å²) in [6, 6.07) is 11.4. The summed E-state index contributed by atoms with van der Waals surface area (Å²) < 4.78 is 28.5. The summed E-state index contributed by atoms with van der Waals surface area (Å²) in [5, 5.41) is 5.51. The van der Waals surface area contributed by atoms with Crippen molar-refractivity contribution >= 4 is 21.6 Å². The van der Waals surface area contributed by atoms with E-state index in [1.807, 2.05) is 19.1 Å². The van der Waals surface area contributed by atoms with Crippen molar-refractivity contribution in [2.24, 2.45) is 5.14 Å². The molecular formula is C13H12ClNO3S. The first-order valence-electron chi connectivity index (χ1n) is 5.43. The molecule has 0 radical (unpaired) electrons. The molecule has 0 saturated carbocycles. The molecule has 0 fully saturated rings. The average molecular weight is 298 g/mol. The van der Waals surface area contributed by atoms with Crippen LogP contribution in [0.15, 0.2) is 47.4 Å². The molecule has 0 saturated heterocycles. The van der Waals surface area contributed by atoms with Gasteiger partial charge in [-0.25, -0.2) is 13.6 Å². The fourth-order valence-corrected chi connectivity index (χ4v) is 2.40. The summed E-state index contributed by atoms with van der Waals surface area (Å²) in [4.78, 5) is -0.0987. The smallest absolute Gasteiger partial charge is 0.241 e. The third kappa shape index (κ3) is 3.47. The van der Waals surface area contributed by atoms with Crippen LogP contribution in [0.25, 0.3) is 0 Å². The van der Waals surface area contributed by atoms with Crippen molar-refractivity contribution in [3.05, 3.63) is 53.1 Å². The largest absolute Gasteiger partial charge is 0.456 e. The lowest BCUT2D eigenvalue weighted by Crippen LogP contribution is -2.13. The van der Waals surface area contributed by atoms with E-state index in [0.29, 0.717) is 10.8 Å². The van der Waals surface area contributed by atoms with Gasteiger partial charge in [0.25, 0.3) is 0 Å². The van der Waals surface area contributed by atoms with Crippen LogP contribution >= 0.6 is 11.6 Å². The van der Waals surface area contributed by atoms with Crippen LogP contribution in [0.5, 0.6) is 11.5 Å². The van der Waals surface area contributed by atoms with Gasteiger partial charge in [-0.1, -0.05) is 23.7 Å². The molecule has 19 heavy (non-hydrogen) atoms. The average Bonchev–Trinajstić information content (AvgIpc) is 2.27. The second-order valence-electron chi connectivity index (χ2n) is 4.05. The predicted molar refractivity (Wildman–Crippen MR) is 74.1 cm³/mol. The van der Waals surface area contributed by atoms with E-state index in [-0.39, 0.29) is 10.6 Å². The summed E-state index contributed by atoms with van der Waals surface area (Å²) in [7, 11) is -3.86. The quantitative estimate of drug-likeness (QED) is 0.946. The van der Waals surface area contributed by atoms with Crippen molar-refractivity contribution in [3.63, 3.8) is 0 Å². The first kappa shape index (κ1) is 13.9. The Labute approximate surface area is 116 Å². The molecule has 0 aromatic heterocycles. The Balaban J connectivity index is 2.47. The van der Waals surface area contributed by atoms with Crippen LogP contribution in [0.3, 0.4) is 0 Å². The van der Waals surface area contributed by atoms with Crippen LogP contribution in [-0.4, -0.2) is 8.42 Å². The number of primary sulfonamides is 1. The molecule has 0 heterocycles. The molecule has 0 aliphatic rings. The normalized spacial score (nSPS) is 11.3. The molecule has 0 spiro atoms. The first-order chi connectivity index (χ1) is 8.86. The number of nitrogens with two attached hydrogens (primary N) is 1. The molecule has 2 N–H and O–H groups in total. The van der Waals surface area contributed by atoms with Crippen molar-refractivity contribution in [2.75, 3.05) is 0 Å². The van der Waals surface area contributed by atoms with Gasteiger partial charge in [-0.2, -0.15) is 0 Å². The second-order valence-corrected chi connectivity index (χ2v) is 6.02. The van der Waals surface area contributed by atoms with E-state index < -0.39 is 10.0 Å². The molecule has 0 unspecified atom stereocenters. The first-order valence-corrected chi connectivity index (χ1v) is 7.35. The van der Waals surface area contributed by atoms with Gasteiger partial charge in [0.05, 0.1) is 0 Å². The zero-order valence-electron chi connectivity index (χ0n) is 10.1. The van der Waals surface area contributed by atoms with Crippen molar-refractivity contribution in [1.29, 1.82) is 0 Å². The zero-order valence-corrected chi connectivity index (χ0v) is 11.7. The fourth-order valence-electron chi connectivity index (χ4n) is 1.60. The van der Waals surface area contributed by atoms with Gasteiger partial charge < -0.3 is 4.74 Å². The molecular weight excluding hydrogens is 286 g/mol. The maximum atomic E-state index is 11.5. The number of ether oxygens (including phenoxy) is 1. The Morgan fingerprint density at radius 1 is 1.16 bits per heavy atom. The van der Waals surface area contributed by atoms with Gasteiger partial charge in [-0.3, -0.25) is 0 Å². The zero-order chi connectivity index (χ0) is 14.0. The third-order valence-corrected chi connectivity index (χ3v) is 3.62. The van der Waals surface area contributed by atoms with Gasteiger partial charge in [0, 0.05) is 11.1 Å². The van der Waals surface area contributed by atoms with Gasteiger partial charge in [0.2, 0.25) is 10.0 Å². The maximum absolute atomic E-state index is 11.5. The van der Waals surface area contributed by atoms with E-state index in [2.05, 4.69) is 0 Å². The number of halogens is 1. The SMILES string of the molecule is Cc1cccc(Oc2cc(Cl)ccc2S(N)(=O)=O)c1. The highest BCUT2D eigenvalue weighted by Crippen LogP contribution is 2.31. The third-order valence-electron chi connectivity index (χ3n) is 2.43. The van der Waals surface area contributed by atoms with Crippen LogP contribution in [0.1, 0.15) is 5.56 Å². The van der Waals surface area contributed by atoms with E-state index in [1.165, 1.54) is 18.2 Å². The highest BCUT2D eigenvalue weighted by molar-refractivity contribution is 7.89. The van der Waals surface area contributed by atoms with Crippen LogP contribution in [-0.2, 0) is 10.0 Å². The van der Waals surface area contributed by atoms with Crippen LogP contribution in [0.4, 0.5) is 0 Å². The van der Waals surface area contributed by atoms with Crippen molar-refractivity contribution < 1.29 is 13.2 Å². The van der Waals surface area contributed by atoms with Gasteiger partial charge in [0.1, 0.15) is 16.4 Å². The van der Waals surface area contributed by atoms with Gasteiger partial charge in [-0.15, -0.1) is 0 Å². The predicted octanol–water partition coefficient (Wildman–Crippen LogP) is 3.09. The van der Waals surface area contributed by atoms with Crippen molar-refractivity contribution in [1.82, 2.24) is 0 Å². The van der Waals surface area contributed by atoms with E-state index in [9.17, 15) is 8.42 Å². The van der Waals surface area contributed by atoms with Gasteiger partial charge in [0.15, 0.2) is 0 Å². The van der Waals surface area contributed by atoms with Crippen LogP contribution in [0.2, 0.25) is 5.02 Å². The number of rotatable bonds is 3. The van der Waals surface area contributed by atoms with E-state index in [0.717, 1.165) is 5.56 Å². The van der Waals surface area contributed by atoms with Crippen LogP contribution in [0, 0.1) is 6.92 Å². The lowest BCUT2D eigenvalue weighted by atomic mass is 10.2. The molecule has 0 bridgehead atoms. The molecule has 6 heteroatoms. The van der Waals surface area contributed by atoms with E-state index in [1.54, 1.807) is 12.1 Å². The Kier molecular flexibility index (Phi) is 3.80. The van der Waals surface area contributed by atoms with Crippen LogP contribution < -0.4 is 9.88 Å². The molecule has 4 nitrogen and oxygen atoms in total. The van der Waals surface area contributed by atoms with Gasteiger partial charge in [-0.05, 0) is 36.8 Å². The Morgan fingerprint density at radius 3 is 2.53 bits per heavy atom. The second kappa shape index (κ2) is 5.21. The summed E-state index contributed by atoms with van der Waals surface area (Å²) in [5.41, 5.74) is 0.997.